The molecule has 0 bridgehead atoms. The second kappa shape index (κ2) is 7.26. The van der Waals surface area contributed by atoms with Crippen LogP contribution in [0.25, 0.3) is 0 Å². The summed E-state index contributed by atoms with van der Waals surface area (Å²) in [6, 6.07) is 3.22. The molecule has 0 spiro atoms. The summed E-state index contributed by atoms with van der Waals surface area (Å²) in [5, 5.41) is 5.18. The van der Waals surface area contributed by atoms with Crippen LogP contribution in [0.3, 0.4) is 0 Å². The van der Waals surface area contributed by atoms with E-state index in [9.17, 15) is 9.59 Å². The molecule has 2 amide bonds. The Balaban J connectivity index is 2.52. The molecule has 0 radical (unpaired) electrons. The molecule has 0 aromatic carbocycles. The van der Waals surface area contributed by atoms with Crippen LogP contribution in [0.1, 0.15) is 23.7 Å². The Morgan fingerprint density at radius 1 is 1.39 bits per heavy atom. The van der Waals surface area contributed by atoms with E-state index in [1.165, 1.54) is 13.3 Å². The molecule has 6 nitrogen and oxygen atoms in total. The molecule has 2 N–H and O–H groups in total. The summed E-state index contributed by atoms with van der Waals surface area (Å²) in [5.41, 5.74) is 0.309. The van der Waals surface area contributed by atoms with E-state index in [0.29, 0.717) is 12.1 Å². The summed E-state index contributed by atoms with van der Waals surface area (Å²) in [5.74, 6) is -0.358. The fraction of sp³-hybridized carbons (Fsp3) is 0.417. The fourth-order valence-electron chi connectivity index (χ4n) is 1.31. The van der Waals surface area contributed by atoms with Gasteiger partial charge in [-0.05, 0) is 18.6 Å². The molecule has 0 aliphatic heterocycles. The number of methoxy groups -OCH3 is 1. The molecule has 1 heterocycles. The Morgan fingerprint density at radius 3 is 2.83 bits per heavy atom. The van der Waals surface area contributed by atoms with Gasteiger partial charge >= 0.3 is 0 Å². The molecule has 0 atom stereocenters. The summed E-state index contributed by atoms with van der Waals surface area (Å²) >= 11 is 0. The predicted octanol–water partition coefficient (Wildman–Crippen LogP) is 0.346. The van der Waals surface area contributed by atoms with Crippen molar-refractivity contribution in [3.8, 4) is 5.88 Å². The maximum atomic E-state index is 11.8. The Bertz CT molecular complexity index is 421. The Kier molecular flexibility index (Phi) is 5.63. The van der Waals surface area contributed by atoms with Crippen LogP contribution in [0.4, 0.5) is 0 Å². The van der Waals surface area contributed by atoms with Gasteiger partial charge < -0.3 is 15.4 Å². The first-order valence-corrected chi connectivity index (χ1v) is 5.73. The number of rotatable bonds is 6. The van der Waals surface area contributed by atoms with E-state index in [0.717, 1.165) is 6.42 Å². The van der Waals surface area contributed by atoms with Gasteiger partial charge in [-0.1, -0.05) is 6.92 Å². The van der Waals surface area contributed by atoms with Gasteiger partial charge in [0.05, 0.1) is 13.7 Å². The molecule has 0 fully saturated rings. The largest absolute Gasteiger partial charge is 0.480 e. The number of ether oxygens (including phenoxy) is 1. The van der Waals surface area contributed by atoms with Crippen molar-refractivity contribution in [1.82, 2.24) is 15.6 Å². The third kappa shape index (κ3) is 4.04. The van der Waals surface area contributed by atoms with Crippen molar-refractivity contribution in [3.63, 3.8) is 0 Å². The minimum Gasteiger partial charge on any atom is -0.480 e. The Hall–Kier alpha value is -2.11. The first-order valence-electron chi connectivity index (χ1n) is 5.73. The number of carbonyl (C=O) groups excluding carboxylic acids is 2. The standard InChI is InChI=1S/C12H17N3O3/c1-3-6-13-10(16)8-15-11(17)9-5-4-7-14-12(9)18-2/h4-5,7H,3,6,8H2,1-2H3,(H,13,16)(H,15,17). The van der Waals surface area contributed by atoms with E-state index in [1.54, 1.807) is 12.1 Å². The molecule has 1 aromatic rings. The molecular weight excluding hydrogens is 234 g/mol. The lowest BCUT2D eigenvalue weighted by atomic mass is 10.2. The van der Waals surface area contributed by atoms with E-state index >= 15 is 0 Å². The molecule has 0 saturated heterocycles. The zero-order valence-electron chi connectivity index (χ0n) is 10.5. The number of nitrogens with zero attached hydrogens (tertiary/aromatic N) is 1. The van der Waals surface area contributed by atoms with Crippen LogP contribution >= 0.6 is 0 Å². The number of hydrogen-bond donors (Lipinski definition) is 2. The normalized spacial score (nSPS) is 9.67. The quantitative estimate of drug-likeness (QED) is 0.764. The van der Waals surface area contributed by atoms with Crippen molar-refractivity contribution in [3.05, 3.63) is 23.9 Å². The van der Waals surface area contributed by atoms with E-state index in [2.05, 4.69) is 15.6 Å². The van der Waals surface area contributed by atoms with Crippen molar-refractivity contribution in [2.24, 2.45) is 0 Å². The van der Waals surface area contributed by atoms with Gasteiger partial charge in [-0.3, -0.25) is 9.59 Å². The second-order valence-corrected chi connectivity index (χ2v) is 3.59. The van der Waals surface area contributed by atoms with Crippen LogP contribution in [0.2, 0.25) is 0 Å². The molecule has 0 aliphatic rings. The van der Waals surface area contributed by atoms with Gasteiger partial charge in [-0.2, -0.15) is 0 Å². The third-order valence-electron chi connectivity index (χ3n) is 2.19. The summed E-state index contributed by atoms with van der Waals surface area (Å²) in [6.07, 6.45) is 2.39. The maximum absolute atomic E-state index is 11.8. The fourth-order valence-corrected chi connectivity index (χ4v) is 1.31. The van der Waals surface area contributed by atoms with E-state index in [1.807, 2.05) is 6.92 Å². The van der Waals surface area contributed by atoms with Crippen LogP contribution < -0.4 is 15.4 Å². The number of hydrogen-bond acceptors (Lipinski definition) is 4. The molecular formula is C12H17N3O3. The Labute approximate surface area is 106 Å². The lowest BCUT2D eigenvalue weighted by Crippen LogP contribution is -2.37. The van der Waals surface area contributed by atoms with Crippen LogP contribution in [-0.4, -0.2) is 37.0 Å². The summed E-state index contributed by atoms with van der Waals surface area (Å²) < 4.78 is 4.97. The average molecular weight is 251 g/mol. The van der Waals surface area contributed by atoms with Gasteiger partial charge in [-0.15, -0.1) is 0 Å². The molecule has 1 rings (SSSR count). The maximum Gasteiger partial charge on any atom is 0.257 e. The average Bonchev–Trinajstić information content (AvgIpc) is 2.42. The minimum atomic E-state index is -0.383. The highest BCUT2D eigenvalue weighted by Gasteiger charge is 2.13. The molecule has 0 unspecified atom stereocenters. The number of pyridine rings is 1. The van der Waals surface area contributed by atoms with Crippen LogP contribution in [0, 0.1) is 0 Å². The topological polar surface area (TPSA) is 80.3 Å². The highest BCUT2D eigenvalue weighted by atomic mass is 16.5. The smallest absolute Gasteiger partial charge is 0.257 e. The molecule has 98 valence electrons. The molecule has 0 aliphatic carbocycles. The van der Waals surface area contributed by atoms with Crippen molar-refractivity contribution >= 4 is 11.8 Å². The molecule has 6 heteroatoms. The number of aromatic nitrogens is 1. The van der Waals surface area contributed by atoms with Crippen molar-refractivity contribution < 1.29 is 14.3 Å². The monoisotopic (exact) mass is 251 g/mol. The zero-order valence-corrected chi connectivity index (χ0v) is 10.5. The van der Waals surface area contributed by atoms with Gasteiger partial charge in [0.2, 0.25) is 11.8 Å². The second-order valence-electron chi connectivity index (χ2n) is 3.59. The molecule has 0 saturated carbocycles. The summed E-state index contributed by atoms with van der Waals surface area (Å²) in [6.45, 7) is 2.50. The van der Waals surface area contributed by atoms with Crippen molar-refractivity contribution in [1.29, 1.82) is 0 Å². The predicted molar refractivity (Wildman–Crippen MR) is 66.4 cm³/mol. The summed E-state index contributed by atoms with van der Waals surface area (Å²) in [7, 11) is 1.44. The van der Waals surface area contributed by atoms with Gasteiger partial charge in [0.1, 0.15) is 5.56 Å². The van der Waals surface area contributed by atoms with Gasteiger partial charge in [0, 0.05) is 12.7 Å². The van der Waals surface area contributed by atoms with Crippen LogP contribution in [-0.2, 0) is 4.79 Å². The van der Waals surface area contributed by atoms with Gasteiger partial charge in [-0.25, -0.2) is 4.98 Å². The highest BCUT2D eigenvalue weighted by Crippen LogP contribution is 2.12. The number of carbonyl (C=O) groups is 2. The molecule has 1 aromatic heterocycles. The van der Waals surface area contributed by atoms with Gasteiger partial charge in [0.15, 0.2) is 0 Å². The van der Waals surface area contributed by atoms with E-state index < -0.39 is 0 Å². The SMILES string of the molecule is CCCNC(=O)CNC(=O)c1cccnc1OC. The number of nitrogens with one attached hydrogen (secondary N) is 2. The van der Waals surface area contributed by atoms with E-state index in [4.69, 9.17) is 4.74 Å². The van der Waals surface area contributed by atoms with Gasteiger partial charge in [0.25, 0.3) is 5.91 Å². The summed E-state index contributed by atoms with van der Waals surface area (Å²) in [4.78, 5) is 27.0. The van der Waals surface area contributed by atoms with E-state index in [-0.39, 0.29) is 24.2 Å². The van der Waals surface area contributed by atoms with Crippen molar-refractivity contribution in [2.75, 3.05) is 20.2 Å². The highest BCUT2D eigenvalue weighted by molar-refractivity contribution is 5.98. The minimum absolute atomic E-state index is 0.0586. The first kappa shape index (κ1) is 14.0. The van der Waals surface area contributed by atoms with Crippen LogP contribution in [0.5, 0.6) is 5.88 Å². The molecule has 18 heavy (non-hydrogen) atoms. The first-order chi connectivity index (χ1) is 8.69. The Morgan fingerprint density at radius 2 is 2.17 bits per heavy atom. The lowest BCUT2D eigenvalue weighted by molar-refractivity contribution is -0.120. The zero-order chi connectivity index (χ0) is 13.4. The van der Waals surface area contributed by atoms with Crippen LogP contribution in [0.15, 0.2) is 18.3 Å². The van der Waals surface area contributed by atoms with Crippen molar-refractivity contribution in [2.45, 2.75) is 13.3 Å². The number of amides is 2. The lowest BCUT2D eigenvalue weighted by Gasteiger charge is -2.08. The third-order valence-corrected chi connectivity index (χ3v) is 2.19.